The maximum atomic E-state index is 12.4. The summed E-state index contributed by atoms with van der Waals surface area (Å²) in [6, 6.07) is 14.8. The van der Waals surface area contributed by atoms with E-state index in [0.29, 0.717) is 28.6 Å². The Labute approximate surface area is 182 Å². The fourth-order valence-corrected chi connectivity index (χ4v) is 4.06. The molecule has 7 nitrogen and oxygen atoms in total. The third kappa shape index (κ3) is 4.75. The van der Waals surface area contributed by atoms with E-state index in [9.17, 15) is 9.59 Å². The number of oxazole rings is 1. The SMILES string of the molecule is COC(=O)c1cc2cc(NC(=O)CCc3ncc(-c4cccc(OC)c4)o3)ccc2s1. The molecule has 1 N–H and O–H groups in total. The summed E-state index contributed by atoms with van der Waals surface area (Å²) in [6.45, 7) is 0. The van der Waals surface area contributed by atoms with Crippen molar-refractivity contribution in [2.24, 2.45) is 0 Å². The molecule has 8 heteroatoms. The first-order valence-electron chi connectivity index (χ1n) is 9.56. The highest BCUT2D eigenvalue weighted by Crippen LogP contribution is 2.29. The van der Waals surface area contributed by atoms with Crippen LogP contribution in [0.5, 0.6) is 5.75 Å². The number of ether oxygens (including phenoxy) is 2. The van der Waals surface area contributed by atoms with Crippen LogP contribution in [0, 0.1) is 0 Å². The maximum Gasteiger partial charge on any atom is 0.348 e. The van der Waals surface area contributed by atoms with Crippen LogP contribution in [0.2, 0.25) is 0 Å². The molecule has 158 valence electrons. The number of carbonyl (C=O) groups is 2. The van der Waals surface area contributed by atoms with Gasteiger partial charge < -0.3 is 19.2 Å². The molecule has 31 heavy (non-hydrogen) atoms. The lowest BCUT2D eigenvalue weighted by Gasteiger charge is -2.04. The summed E-state index contributed by atoms with van der Waals surface area (Å²) >= 11 is 1.35. The number of carbonyl (C=O) groups excluding carboxylic acids is 2. The monoisotopic (exact) mass is 436 g/mol. The molecule has 4 aromatic rings. The summed E-state index contributed by atoms with van der Waals surface area (Å²) in [5.41, 5.74) is 1.52. The number of methoxy groups -OCH3 is 2. The molecule has 0 bridgehead atoms. The Kier molecular flexibility index (Phi) is 5.99. The summed E-state index contributed by atoms with van der Waals surface area (Å²) in [4.78, 5) is 28.9. The quantitative estimate of drug-likeness (QED) is 0.414. The van der Waals surface area contributed by atoms with Gasteiger partial charge in [-0.25, -0.2) is 9.78 Å². The highest BCUT2D eigenvalue weighted by atomic mass is 32.1. The number of rotatable bonds is 7. The average Bonchev–Trinajstić information content (AvgIpc) is 3.44. The van der Waals surface area contributed by atoms with Crippen LogP contribution in [0.4, 0.5) is 5.69 Å². The van der Waals surface area contributed by atoms with Crippen LogP contribution >= 0.6 is 11.3 Å². The Balaban J connectivity index is 1.37. The van der Waals surface area contributed by atoms with Gasteiger partial charge in [-0.15, -0.1) is 11.3 Å². The molecule has 0 saturated carbocycles. The Bertz CT molecular complexity index is 1240. The number of benzene rings is 2. The van der Waals surface area contributed by atoms with Crippen LogP contribution in [0.15, 0.2) is 59.1 Å². The Morgan fingerprint density at radius 3 is 2.81 bits per heavy atom. The van der Waals surface area contributed by atoms with E-state index in [1.807, 2.05) is 42.5 Å². The second-order valence-electron chi connectivity index (χ2n) is 6.75. The van der Waals surface area contributed by atoms with Crippen LogP contribution in [0.1, 0.15) is 22.0 Å². The number of nitrogens with zero attached hydrogens (tertiary/aromatic N) is 1. The van der Waals surface area contributed by atoms with Crippen molar-refractivity contribution in [3.63, 3.8) is 0 Å². The third-order valence-electron chi connectivity index (χ3n) is 4.66. The predicted molar refractivity (Wildman–Crippen MR) is 119 cm³/mol. The number of esters is 1. The van der Waals surface area contributed by atoms with Crippen molar-refractivity contribution in [1.29, 1.82) is 0 Å². The number of aryl methyl sites for hydroxylation is 1. The highest BCUT2D eigenvalue weighted by Gasteiger charge is 2.12. The van der Waals surface area contributed by atoms with E-state index >= 15 is 0 Å². The zero-order valence-electron chi connectivity index (χ0n) is 17.0. The number of anilines is 1. The number of thiophene rings is 1. The maximum absolute atomic E-state index is 12.4. The minimum Gasteiger partial charge on any atom is -0.497 e. The zero-order valence-corrected chi connectivity index (χ0v) is 17.8. The number of nitrogens with one attached hydrogen (secondary N) is 1. The number of amides is 1. The van der Waals surface area contributed by atoms with Crippen molar-refractivity contribution < 1.29 is 23.5 Å². The van der Waals surface area contributed by atoms with Gasteiger partial charge >= 0.3 is 5.97 Å². The van der Waals surface area contributed by atoms with Gasteiger partial charge in [0, 0.05) is 28.8 Å². The molecule has 0 aliphatic heterocycles. The van der Waals surface area contributed by atoms with Crippen LogP contribution in [0.25, 0.3) is 21.4 Å². The van der Waals surface area contributed by atoms with Gasteiger partial charge in [0.1, 0.15) is 10.6 Å². The molecule has 0 atom stereocenters. The third-order valence-corrected chi connectivity index (χ3v) is 5.76. The largest absolute Gasteiger partial charge is 0.497 e. The standard InChI is InChI=1S/C23H20N2O5S/c1-28-17-5-3-4-14(11-17)18-13-24-22(30-18)9-8-21(26)25-16-6-7-19-15(10-16)12-20(31-19)23(27)29-2/h3-7,10-13H,8-9H2,1-2H3,(H,25,26). The molecular formula is C23H20N2O5S. The van der Waals surface area contributed by atoms with Crippen LogP contribution in [-0.2, 0) is 16.0 Å². The van der Waals surface area contributed by atoms with Crippen LogP contribution in [-0.4, -0.2) is 31.1 Å². The summed E-state index contributed by atoms with van der Waals surface area (Å²) in [7, 11) is 2.96. The first kappa shape index (κ1) is 20.6. The van der Waals surface area contributed by atoms with Gasteiger partial charge in [-0.3, -0.25) is 4.79 Å². The topological polar surface area (TPSA) is 90.7 Å². The molecule has 0 spiro atoms. The van der Waals surface area contributed by atoms with E-state index in [0.717, 1.165) is 21.4 Å². The summed E-state index contributed by atoms with van der Waals surface area (Å²) < 4.78 is 16.7. The van der Waals surface area contributed by atoms with E-state index < -0.39 is 0 Å². The molecule has 2 aromatic carbocycles. The van der Waals surface area contributed by atoms with E-state index in [2.05, 4.69) is 10.3 Å². The molecule has 0 unspecified atom stereocenters. The zero-order chi connectivity index (χ0) is 21.8. The van der Waals surface area contributed by atoms with Gasteiger partial charge in [0.25, 0.3) is 0 Å². The number of aromatic nitrogens is 1. The molecule has 1 amide bonds. The van der Waals surface area contributed by atoms with Crippen molar-refractivity contribution >= 4 is 39.0 Å². The van der Waals surface area contributed by atoms with Gasteiger partial charge in [0.2, 0.25) is 5.91 Å². The Morgan fingerprint density at radius 1 is 1.13 bits per heavy atom. The minimum atomic E-state index is -0.369. The molecule has 0 fully saturated rings. The predicted octanol–water partition coefficient (Wildman–Crippen LogP) is 4.92. The van der Waals surface area contributed by atoms with Gasteiger partial charge in [0.05, 0.1) is 20.4 Å². The van der Waals surface area contributed by atoms with Gasteiger partial charge in [-0.2, -0.15) is 0 Å². The van der Waals surface area contributed by atoms with Crippen molar-refractivity contribution in [2.45, 2.75) is 12.8 Å². The van der Waals surface area contributed by atoms with E-state index in [4.69, 9.17) is 13.9 Å². The second kappa shape index (κ2) is 9.01. The van der Waals surface area contributed by atoms with E-state index in [1.165, 1.54) is 18.4 Å². The van der Waals surface area contributed by atoms with Crippen molar-refractivity contribution in [2.75, 3.05) is 19.5 Å². The summed E-state index contributed by atoms with van der Waals surface area (Å²) in [5.74, 6) is 1.33. The van der Waals surface area contributed by atoms with Gasteiger partial charge in [0.15, 0.2) is 11.7 Å². The lowest BCUT2D eigenvalue weighted by atomic mass is 10.2. The van der Waals surface area contributed by atoms with Crippen molar-refractivity contribution in [3.05, 3.63) is 65.5 Å². The number of fused-ring (bicyclic) bond motifs is 1. The Morgan fingerprint density at radius 2 is 2.00 bits per heavy atom. The average molecular weight is 436 g/mol. The lowest BCUT2D eigenvalue weighted by Crippen LogP contribution is -2.12. The molecule has 2 aromatic heterocycles. The van der Waals surface area contributed by atoms with E-state index in [1.54, 1.807) is 19.4 Å². The van der Waals surface area contributed by atoms with Gasteiger partial charge in [-0.1, -0.05) is 12.1 Å². The molecular weight excluding hydrogens is 416 g/mol. The molecule has 0 aliphatic rings. The smallest absolute Gasteiger partial charge is 0.348 e. The van der Waals surface area contributed by atoms with Crippen molar-refractivity contribution in [3.8, 4) is 17.1 Å². The molecule has 2 heterocycles. The lowest BCUT2D eigenvalue weighted by molar-refractivity contribution is -0.116. The molecule has 4 rings (SSSR count). The van der Waals surface area contributed by atoms with Crippen LogP contribution < -0.4 is 10.1 Å². The second-order valence-corrected chi connectivity index (χ2v) is 7.84. The van der Waals surface area contributed by atoms with E-state index in [-0.39, 0.29) is 18.3 Å². The highest BCUT2D eigenvalue weighted by molar-refractivity contribution is 7.20. The first-order chi connectivity index (χ1) is 15.1. The van der Waals surface area contributed by atoms with Crippen molar-refractivity contribution in [1.82, 2.24) is 4.98 Å². The van der Waals surface area contributed by atoms with Crippen LogP contribution in [0.3, 0.4) is 0 Å². The molecule has 0 saturated heterocycles. The number of hydrogen-bond acceptors (Lipinski definition) is 7. The number of hydrogen-bond donors (Lipinski definition) is 1. The van der Waals surface area contributed by atoms with Gasteiger partial charge in [-0.05, 0) is 41.8 Å². The normalized spacial score (nSPS) is 10.8. The fourth-order valence-electron chi connectivity index (χ4n) is 3.10. The Hall–Kier alpha value is -3.65. The minimum absolute atomic E-state index is 0.149. The fraction of sp³-hybridized carbons (Fsp3) is 0.174. The molecule has 0 radical (unpaired) electrons. The molecule has 0 aliphatic carbocycles. The summed E-state index contributed by atoms with van der Waals surface area (Å²) in [5, 5.41) is 3.75. The first-order valence-corrected chi connectivity index (χ1v) is 10.4. The summed E-state index contributed by atoms with van der Waals surface area (Å²) in [6.07, 6.45) is 2.25.